The van der Waals surface area contributed by atoms with Crippen molar-refractivity contribution in [2.45, 2.75) is 62.9 Å². The van der Waals surface area contributed by atoms with Crippen LogP contribution in [0.3, 0.4) is 0 Å². The molecule has 0 radical (unpaired) electrons. The molecule has 0 spiro atoms. The summed E-state index contributed by atoms with van der Waals surface area (Å²) in [4.78, 5) is 12.4. The second-order valence-electron chi connectivity index (χ2n) is 5.97. The number of rotatable bonds is 4. The van der Waals surface area contributed by atoms with Gasteiger partial charge in [-0.25, -0.2) is 13.6 Å². The van der Waals surface area contributed by atoms with Crippen molar-refractivity contribution in [3.05, 3.63) is 18.0 Å². The quantitative estimate of drug-likeness (QED) is 0.884. The number of hydrogen-bond donors (Lipinski definition) is 2. The number of hydrogen-bond acceptors (Lipinski definition) is 3. The lowest BCUT2D eigenvalue weighted by Crippen LogP contribution is -2.47. The van der Waals surface area contributed by atoms with Gasteiger partial charge in [-0.3, -0.25) is 4.79 Å². The number of carbonyl (C=O) groups is 1. The van der Waals surface area contributed by atoms with Crippen LogP contribution in [0.1, 0.15) is 56.4 Å². The van der Waals surface area contributed by atoms with Crippen molar-refractivity contribution in [2.75, 3.05) is 0 Å². The fourth-order valence-electron chi connectivity index (χ4n) is 2.89. The summed E-state index contributed by atoms with van der Waals surface area (Å²) in [7, 11) is -3.80. The Morgan fingerprint density at radius 2 is 2.00 bits per heavy atom. The molecule has 1 aromatic heterocycles. The lowest BCUT2D eigenvalue weighted by atomic mass is 9.83. The number of nitrogens with one attached hydrogen (secondary N) is 1. The highest BCUT2D eigenvalue weighted by atomic mass is 32.2. The Kier molecular flexibility index (Phi) is 4.43. The van der Waals surface area contributed by atoms with E-state index in [0.717, 1.165) is 25.7 Å². The van der Waals surface area contributed by atoms with Gasteiger partial charge in [0.05, 0.1) is 0 Å². The van der Waals surface area contributed by atoms with Crippen LogP contribution in [0, 0.1) is 0 Å². The molecule has 1 aliphatic rings. The van der Waals surface area contributed by atoms with Crippen molar-refractivity contribution in [1.82, 2.24) is 9.88 Å². The largest absolute Gasteiger partial charge is 0.346 e. The first-order chi connectivity index (χ1) is 9.75. The van der Waals surface area contributed by atoms with Gasteiger partial charge in [0, 0.05) is 18.3 Å². The van der Waals surface area contributed by atoms with Crippen LogP contribution in [-0.4, -0.2) is 24.4 Å². The summed E-state index contributed by atoms with van der Waals surface area (Å²) < 4.78 is 24.5. The first kappa shape index (κ1) is 16.0. The number of aryl methyl sites for hydroxylation is 1. The maximum atomic E-state index is 12.5. The maximum absolute atomic E-state index is 12.5. The maximum Gasteiger partial charge on any atom is 0.268 e. The van der Waals surface area contributed by atoms with Crippen molar-refractivity contribution in [1.29, 1.82) is 0 Å². The first-order valence-corrected chi connectivity index (χ1v) is 8.85. The summed E-state index contributed by atoms with van der Waals surface area (Å²) in [5, 5.41) is 8.19. The minimum atomic E-state index is -3.80. The average molecular weight is 313 g/mol. The smallest absolute Gasteiger partial charge is 0.268 e. The molecular formula is C14H23N3O3S. The lowest BCUT2D eigenvalue weighted by molar-refractivity contribution is 0.0873. The molecule has 7 heteroatoms. The fraction of sp³-hybridized carbons (Fsp3) is 0.643. The van der Waals surface area contributed by atoms with E-state index >= 15 is 0 Å². The summed E-state index contributed by atoms with van der Waals surface area (Å²) in [6, 6.07) is 1.35. The monoisotopic (exact) mass is 313 g/mol. The molecule has 0 aromatic carbocycles. The van der Waals surface area contributed by atoms with Gasteiger partial charge in [0.1, 0.15) is 10.6 Å². The van der Waals surface area contributed by atoms with Gasteiger partial charge in [-0.1, -0.05) is 19.3 Å². The van der Waals surface area contributed by atoms with Gasteiger partial charge < -0.3 is 9.88 Å². The molecule has 0 atom stereocenters. The molecule has 1 aromatic rings. The van der Waals surface area contributed by atoms with Crippen LogP contribution < -0.4 is 10.5 Å². The molecule has 1 aliphatic carbocycles. The lowest BCUT2D eigenvalue weighted by Gasteiger charge is -2.34. The van der Waals surface area contributed by atoms with E-state index in [4.69, 9.17) is 5.14 Å². The number of aromatic nitrogens is 1. The Labute approximate surface area is 125 Å². The topological polar surface area (TPSA) is 94.2 Å². The Morgan fingerprint density at radius 3 is 2.52 bits per heavy atom. The van der Waals surface area contributed by atoms with Crippen LogP contribution in [0.25, 0.3) is 0 Å². The van der Waals surface area contributed by atoms with Crippen LogP contribution in [-0.2, 0) is 16.6 Å². The summed E-state index contributed by atoms with van der Waals surface area (Å²) in [6.45, 7) is 4.41. The molecule has 3 N–H and O–H groups in total. The zero-order valence-corrected chi connectivity index (χ0v) is 13.4. The van der Waals surface area contributed by atoms with Crippen molar-refractivity contribution in [2.24, 2.45) is 5.14 Å². The minimum Gasteiger partial charge on any atom is -0.346 e. The number of primary sulfonamides is 1. The number of nitrogens with zero attached hydrogens (tertiary/aromatic N) is 1. The van der Waals surface area contributed by atoms with E-state index in [1.165, 1.54) is 18.7 Å². The number of sulfonamides is 1. The molecule has 0 aliphatic heterocycles. The van der Waals surface area contributed by atoms with E-state index in [1.54, 1.807) is 4.57 Å². The zero-order chi connectivity index (χ0) is 15.7. The molecule has 0 saturated heterocycles. The van der Waals surface area contributed by atoms with Crippen LogP contribution in [0.5, 0.6) is 0 Å². The summed E-state index contributed by atoms with van der Waals surface area (Å²) in [6.07, 6.45) is 6.73. The highest BCUT2D eigenvalue weighted by molar-refractivity contribution is 7.89. The molecule has 6 nitrogen and oxygen atoms in total. The third-order valence-corrected chi connectivity index (χ3v) is 5.03. The number of nitrogens with two attached hydrogens (primary N) is 1. The van der Waals surface area contributed by atoms with Gasteiger partial charge in [-0.05, 0) is 32.8 Å². The normalized spacial score (nSPS) is 18.4. The van der Waals surface area contributed by atoms with Gasteiger partial charge in [-0.15, -0.1) is 0 Å². The van der Waals surface area contributed by atoms with Gasteiger partial charge in [-0.2, -0.15) is 0 Å². The van der Waals surface area contributed by atoms with Crippen molar-refractivity contribution < 1.29 is 13.2 Å². The summed E-state index contributed by atoms with van der Waals surface area (Å²) in [5.41, 5.74) is 0.133. The molecular weight excluding hydrogens is 290 g/mol. The van der Waals surface area contributed by atoms with Crippen LogP contribution in [0.4, 0.5) is 0 Å². The zero-order valence-electron chi connectivity index (χ0n) is 12.6. The Balaban J connectivity index is 2.24. The molecule has 1 saturated carbocycles. The van der Waals surface area contributed by atoms with E-state index in [-0.39, 0.29) is 16.3 Å². The predicted molar refractivity (Wildman–Crippen MR) is 80.4 cm³/mol. The van der Waals surface area contributed by atoms with Gasteiger partial charge >= 0.3 is 0 Å². The third-order valence-electron chi connectivity index (χ3n) is 4.15. The van der Waals surface area contributed by atoms with Crippen molar-refractivity contribution >= 4 is 15.9 Å². The van der Waals surface area contributed by atoms with Crippen LogP contribution in [0.2, 0.25) is 0 Å². The molecule has 1 amide bonds. The van der Waals surface area contributed by atoms with Crippen LogP contribution in [0.15, 0.2) is 17.2 Å². The minimum absolute atomic E-state index is 0.0247. The van der Waals surface area contributed by atoms with E-state index < -0.39 is 10.0 Å². The summed E-state index contributed by atoms with van der Waals surface area (Å²) >= 11 is 0. The predicted octanol–water partition coefficient (Wildman–Crippen LogP) is 1.61. The van der Waals surface area contributed by atoms with E-state index in [9.17, 15) is 13.2 Å². The molecule has 21 heavy (non-hydrogen) atoms. The molecule has 2 rings (SSSR count). The van der Waals surface area contributed by atoms with E-state index in [1.807, 2.05) is 13.8 Å². The third kappa shape index (κ3) is 3.65. The highest BCUT2D eigenvalue weighted by Gasteiger charge is 2.30. The van der Waals surface area contributed by atoms with Gasteiger partial charge in [0.15, 0.2) is 0 Å². The number of carbonyl (C=O) groups excluding carboxylic acids is 1. The molecule has 1 fully saturated rings. The first-order valence-electron chi connectivity index (χ1n) is 7.31. The van der Waals surface area contributed by atoms with Crippen LogP contribution >= 0.6 is 0 Å². The van der Waals surface area contributed by atoms with Gasteiger partial charge in [0.25, 0.3) is 5.91 Å². The fourth-order valence-corrected chi connectivity index (χ4v) is 3.44. The van der Waals surface area contributed by atoms with Crippen molar-refractivity contribution in [3.8, 4) is 0 Å². The number of amides is 1. The standard InChI is InChI=1S/C14H23N3O3S/c1-3-17-10-11(21(15,19)20)9-12(17)13(18)16-14(2)7-5-4-6-8-14/h9-10H,3-8H2,1-2H3,(H,16,18)(H2,15,19,20). The molecule has 0 unspecified atom stereocenters. The Morgan fingerprint density at radius 1 is 1.38 bits per heavy atom. The van der Waals surface area contributed by atoms with Crippen molar-refractivity contribution in [3.63, 3.8) is 0 Å². The second-order valence-corrected chi connectivity index (χ2v) is 7.53. The van der Waals surface area contributed by atoms with E-state index in [0.29, 0.717) is 12.2 Å². The Bertz CT molecular complexity index is 628. The van der Waals surface area contributed by atoms with E-state index in [2.05, 4.69) is 5.32 Å². The average Bonchev–Trinajstić information content (AvgIpc) is 2.83. The summed E-state index contributed by atoms with van der Waals surface area (Å²) in [5.74, 6) is -0.240. The second kappa shape index (κ2) is 5.81. The molecule has 0 bridgehead atoms. The SMILES string of the molecule is CCn1cc(S(N)(=O)=O)cc1C(=O)NC1(C)CCCCC1. The highest BCUT2D eigenvalue weighted by Crippen LogP contribution is 2.28. The Hall–Kier alpha value is -1.34. The molecule has 118 valence electrons. The van der Waals surface area contributed by atoms with Gasteiger partial charge in [0.2, 0.25) is 10.0 Å². The molecule has 1 heterocycles.